The van der Waals surface area contributed by atoms with Gasteiger partial charge in [-0.3, -0.25) is 4.79 Å². The molecule has 5 nitrogen and oxygen atoms in total. The summed E-state index contributed by atoms with van der Waals surface area (Å²) in [6, 6.07) is 3.61. The molecule has 1 aliphatic rings. The van der Waals surface area contributed by atoms with Crippen LogP contribution in [0.2, 0.25) is 0 Å². The Kier molecular flexibility index (Phi) is 3.58. The summed E-state index contributed by atoms with van der Waals surface area (Å²) in [4.78, 5) is 17.5. The van der Waals surface area contributed by atoms with Crippen LogP contribution >= 0.6 is 0 Å². The molecule has 2 rings (SSSR count). The van der Waals surface area contributed by atoms with Crippen LogP contribution in [0.25, 0.3) is 0 Å². The van der Waals surface area contributed by atoms with Crippen molar-refractivity contribution in [3.8, 4) is 0 Å². The third-order valence-corrected chi connectivity index (χ3v) is 2.96. The molecule has 1 saturated heterocycles. The first kappa shape index (κ1) is 11.9. The summed E-state index contributed by atoms with van der Waals surface area (Å²) in [7, 11) is 0. The van der Waals surface area contributed by atoms with E-state index in [0.717, 1.165) is 24.5 Å². The number of carboxylic acid groups (broad SMARTS) is 1. The number of carboxylic acids is 1. The smallest absolute Gasteiger partial charge is 0.310 e. The minimum absolute atomic E-state index is 0.540. The maximum atomic E-state index is 11.1. The van der Waals surface area contributed by atoms with E-state index in [-0.39, 0.29) is 0 Å². The van der Waals surface area contributed by atoms with Crippen molar-refractivity contribution < 1.29 is 14.6 Å². The van der Waals surface area contributed by atoms with Gasteiger partial charge in [0.05, 0.1) is 19.1 Å². The Morgan fingerprint density at radius 1 is 1.53 bits per heavy atom. The molecule has 0 saturated carbocycles. The third-order valence-electron chi connectivity index (χ3n) is 2.96. The molecule has 1 aliphatic heterocycles. The van der Waals surface area contributed by atoms with Crippen LogP contribution < -0.4 is 4.90 Å². The number of rotatable bonds is 3. The molecular weight excluding hydrogens is 220 g/mol. The zero-order valence-electron chi connectivity index (χ0n) is 9.80. The number of aliphatic carboxylic acids is 1. The molecule has 1 aromatic heterocycles. The zero-order chi connectivity index (χ0) is 12.3. The van der Waals surface area contributed by atoms with Crippen molar-refractivity contribution in [1.82, 2.24) is 4.98 Å². The van der Waals surface area contributed by atoms with Gasteiger partial charge >= 0.3 is 5.97 Å². The summed E-state index contributed by atoms with van der Waals surface area (Å²) >= 11 is 0. The van der Waals surface area contributed by atoms with Crippen molar-refractivity contribution in [2.75, 3.05) is 31.2 Å². The standard InChI is InChI=1S/C12H16N2O3/c1-9(12(15)16)10-3-2-4-13-11(10)14-5-7-17-8-6-14/h2-4,9H,5-8H2,1H3,(H,15,16). The molecule has 0 radical (unpaired) electrons. The van der Waals surface area contributed by atoms with Gasteiger partial charge in [0.2, 0.25) is 0 Å². The van der Waals surface area contributed by atoms with E-state index in [9.17, 15) is 4.79 Å². The Labute approximate surface area is 100 Å². The molecule has 1 atom stereocenters. The number of carbonyl (C=O) groups is 1. The number of hydrogen-bond donors (Lipinski definition) is 1. The second-order valence-corrected chi connectivity index (χ2v) is 4.08. The predicted molar refractivity (Wildman–Crippen MR) is 63.3 cm³/mol. The summed E-state index contributed by atoms with van der Waals surface area (Å²) in [6.07, 6.45) is 1.70. The lowest BCUT2D eigenvalue weighted by molar-refractivity contribution is -0.138. The van der Waals surface area contributed by atoms with E-state index in [1.165, 1.54) is 0 Å². The van der Waals surface area contributed by atoms with E-state index in [2.05, 4.69) is 9.88 Å². The highest BCUT2D eigenvalue weighted by molar-refractivity contribution is 5.77. The summed E-state index contributed by atoms with van der Waals surface area (Å²) < 4.78 is 5.28. The quantitative estimate of drug-likeness (QED) is 0.851. The molecule has 1 fully saturated rings. The van der Waals surface area contributed by atoms with Gasteiger partial charge in [-0.25, -0.2) is 4.98 Å². The molecule has 0 aliphatic carbocycles. The summed E-state index contributed by atoms with van der Waals surface area (Å²) in [5.41, 5.74) is 0.766. The van der Waals surface area contributed by atoms with Crippen LogP contribution in [0, 0.1) is 0 Å². The van der Waals surface area contributed by atoms with E-state index in [1.807, 2.05) is 6.07 Å². The number of nitrogens with zero attached hydrogens (tertiary/aromatic N) is 2. The molecular formula is C12H16N2O3. The van der Waals surface area contributed by atoms with Gasteiger partial charge in [0.15, 0.2) is 0 Å². The molecule has 0 amide bonds. The van der Waals surface area contributed by atoms with Crippen molar-refractivity contribution >= 4 is 11.8 Å². The Morgan fingerprint density at radius 2 is 2.24 bits per heavy atom. The molecule has 0 bridgehead atoms. The van der Waals surface area contributed by atoms with Gasteiger partial charge in [0.1, 0.15) is 5.82 Å². The van der Waals surface area contributed by atoms with Crippen LogP contribution in [0.5, 0.6) is 0 Å². The second-order valence-electron chi connectivity index (χ2n) is 4.08. The highest BCUT2D eigenvalue weighted by Gasteiger charge is 2.22. The zero-order valence-corrected chi connectivity index (χ0v) is 9.80. The van der Waals surface area contributed by atoms with Crippen LogP contribution in [0.1, 0.15) is 18.4 Å². The van der Waals surface area contributed by atoms with Crippen LogP contribution in [0.4, 0.5) is 5.82 Å². The van der Waals surface area contributed by atoms with Crippen molar-refractivity contribution in [2.24, 2.45) is 0 Å². The maximum absolute atomic E-state index is 11.1. The fourth-order valence-corrected chi connectivity index (χ4v) is 1.92. The lowest BCUT2D eigenvalue weighted by atomic mass is 10.0. The van der Waals surface area contributed by atoms with Crippen LogP contribution in [0.15, 0.2) is 18.3 Å². The normalized spacial score (nSPS) is 17.8. The lowest BCUT2D eigenvalue weighted by Crippen LogP contribution is -2.37. The SMILES string of the molecule is CC(C(=O)O)c1cccnc1N1CCOCC1. The fraction of sp³-hybridized carbons (Fsp3) is 0.500. The van der Waals surface area contributed by atoms with Gasteiger partial charge in [-0.05, 0) is 13.0 Å². The van der Waals surface area contributed by atoms with Gasteiger partial charge < -0.3 is 14.7 Å². The number of pyridine rings is 1. The van der Waals surface area contributed by atoms with Crippen molar-refractivity contribution in [2.45, 2.75) is 12.8 Å². The topological polar surface area (TPSA) is 62.7 Å². The minimum Gasteiger partial charge on any atom is -0.481 e. The maximum Gasteiger partial charge on any atom is 0.310 e. The molecule has 2 heterocycles. The second kappa shape index (κ2) is 5.14. The molecule has 92 valence electrons. The largest absolute Gasteiger partial charge is 0.481 e. The number of morpholine rings is 1. The third kappa shape index (κ3) is 2.55. The van der Waals surface area contributed by atoms with E-state index in [4.69, 9.17) is 9.84 Å². The van der Waals surface area contributed by atoms with Crippen molar-refractivity contribution in [1.29, 1.82) is 0 Å². The number of anilines is 1. The van der Waals surface area contributed by atoms with Crippen LogP contribution in [-0.2, 0) is 9.53 Å². The average molecular weight is 236 g/mol. The van der Waals surface area contributed by atoms with Gasteiger partial charge in [0, 0.05) is 24.8 Å². The van der Waals surface area contributed by atoms with Crippen molar-refractivity contribution in [3.05, 3.63) is 23.9 Å². The summed E-state index contributed by atoms with van der Waals surface area (Å²) in [5.74, 6) is -0.597. The molecule has 0 aromatic carbocycles. The monoisotopic (exact) mass is 236 g/mol. The van der Waals surface area contributed by atoms with Gasteiger partial charge in [-0.1, -0.05) is 6.07 Å². The molecule has 17 heavy (non-hydrogen) atoms. The van der Waals surface area contributed by atoms with Crippen molar-refractivity contribution in [3.63, 3.8) is 0 Å². The Morgan fingerprint density at radius 3 is 2.88 bits per heavy atom. The van der Waals surface area contributed by atoms with Gasteiger partial charge in [0.25, 0.3) is 0 Å². The molecule has 0 spiro atoms. The molecule has 5 heteroatoms. The summed E-state index contributed by atoms with van der Waals surface area (Å²) in [6.45, 7) is 4.53. The predicted octanol–water partition coefficient (Wildman–Crippen LogP) is 1.11. The Balaban J connectivity index is 2.29. The average Bonchev–Trinajstić information content (AvgIpc) is 2.39. The van der Waals surface area contributed by atoms with E-state index >= 15 is 0 Å². The van der Waals surface area contributed by atoms with E-state index in [1.54, 1.807) is 19.2 Å². The highest BCUT2D eigenvalue weighted by Crippen LogP contribution is 2.26. The van der Waals surface area contributed by atoms with Gasteiger partial charge in [-0.2, -0.15) is 0 Å². The first-order valence-corrected chi connectivity index (χ1v) is 5.70. The molecule has 1 aromatic rings. The van der Waals surface area contributed by atoms with E-state index in [0.29, 0.717) is 13.2 Å². The molecule has 1 N–H and O–H groups in total. The van der Waals surface area contributed by atoms with E-state index < -0.39 is 11.9 Å². The first-order valence-electron chi connectivity index (χ1n) is 5.70. The Hall–Kier alpha value is -1.62. The van der Waals surface area contributed by atoms with Crippen LogP contribution in [0.3, 0.4) is 0 Å². The van der Waals surface area contributed by atoms with Gasteiger partial charge in [-0.15, -0.1) is 0 Å². The van der Waals surface area contributed by atoms with Crippen LogP contribution in [-0.4, -0.2) is 42.4 Å². The number of ether oxygens (including phenoxy) is 1. The number of hydrogen-bond acceptors (Lipinski definition) is 4. The highest BCUT2D eigenvalue weighted by atomic mass is 16.5. The lowest BCUT2D eigenvalue weighted by Gasteiger charge is -2.30. The first-order chi connectivity index (χ1) is 8.20. The minimum atomic E-state index is -0.826. The Bertz CT molecular complexity index is 402. The number of aromatic nitrogens is 1. The fourth-order valence-electron chi connectivity index (χ4n) is 1.92. The summed E-state index contributed by atoms with van der Waals surface area (Å²) in [5, 5.41) is 9.09. The molecule has 1 unspecified atom stereocenters.